The maximum atomic E-state index is 11.9. The number of hydrogen-bond acceptors (Lipinski definition) is 1. The lowest BCUT2D eigenvalue weighted by Crippen LogP contribution is -2.28. The van der Waals surface area contributed by atoms with Gasteiger partial charge in [-0.1, -0.05) is 0 Å². The molecule has 0 amide bonds. The molecule has 0 bridgehead atoms. The highest BCUT2D eigenvalue weighted by atomic mass is 79.9. The molecule has 1 atom stereocenters. The maximum Gasteiger partial charge on any atom is 0.284 e. The van der Waals surface area contributed by atoms with Crippen molar-refractivity contribution in [2.45, 2.75) is 11.0 Å². The average molecular weight is 193 g/mol. The second kappa shape index (κ2) is 2.68. The molecule has 0 rings (SSSR count). The largest absolute Gasteiger partial charge is 0.392 e. The summed E-state index contributed by atoms with van der Waals surface area (Å²) in [4.78, 5) is 0. The summed E-state index contributed by atoms with van der Waals surface area (Å²) in [6.07, 6.45) is -3.19. The van der Waals surface area contributed by atoms with Crippen LogP contribution in [0.15, 0.2) is 0 Å². The van der Waals surface area contributed by atoms with E-state index in [1.165, 1.54) is 0 Å². The molecule has 1 unspecified atom stereocenters. The molecule has 0 aromatic carbocycles. The van der Waals surface area contributed by atoms with E-state index in [2.05, 4.69) is 0 Å². The predicted octanol–water partition coefficient (Wildman–Crippen LogP) is 1.30. The van der Waals surface area contributed by atoms with E-state index in [1.807, 2.05) is 15.9 Å². The van der Waals surface area contributed by atoms with Gasteiger partial charge in [-0.2, -0.15) is 0 Å². The molecule has 0 aliphatic heterocycles. The minimum absolute atomic E-state index is 1.22. The third kappa shape index (κ3) is 2.00. The van der Waals surface area contributed by atoms with Gasteiger partial charge >= 0.3 is 0 Å². The van der Waals surface area contributed by atoms with Crippen molar-refractivity contribution in [3.8, 4) is 0 Å². The Kier molecular flexibility index (Phi) is 2.76. The molecule has 0 aromatic heterocycles. The van der Waals surface area contributed by atoms with Gasteiger partial charge < -0.3 is 5.11 Å². The third-order valence-corrected chi connectivity index (χ3v) is 1.13. The first-order valence-corrected chi connectivity index (χ1v) is 2.57. The Hall–Kier alpha value is 0.230. The highest BCUT2D eigenvalue weighted by molar-refractivity contribution is 9.10. The van der Waals surface area contributed by atoms with Crippen molar-refractivity contribution < 1.29 is 18.3 Å². The molecular formula is C3H4BrF3O. The first-order chi connectivity index (χ1) is 3.50. The quantitative estimate of drug-likeness (QED) is 0.655. The molecule has 5 heteroatoms. The number of rotatable bonds is 2. The van der Waals surface area contributed by atoms with Gasteiger partial charge in [-0.3, -0.25) is 0 Å². The molecule has 8 heavy (non-hydrogen) atoms. The summed E-state index contributed by atoms with van der Waals surface area (Å²) in [5.74, 6) is 0. The fraction of sp³-hybridized carbons (Fsp3) is 1.00. The second-order valence-electron chi connectivity index (χ2n) is 1.22. The molecule has 0 radical (unpaired) electrons. The molecule has 0 aliphatic carbocycles. The third-order valence-electron chi connectivity index (χ3n) is 0.530. The minimum Gasteiger partial charge on any atom is -0.392 e. The van der Waals surface area contributed by atoms with Crippen molar-refractivity contribution in [2.75, 3.05) is 6.61 Å². The topological polar surface area (TPSA) is 20.2 Å². The molecule has 0 spiro atoms. The summed E-state index contributed by atoms with van der Waals surface area (Å²) in [5, 5.41) is 7.86. The van der Waals surface area contributed by atoms with Crippen molar-refractivity contribution in [1.82, 2.24) is 0 Å². The molecular weight excluding hydrogens is 189 g/mol. The van der Waals surface area contributed by atoms with E-state index < -0.39 is 17.6 Å². The van der Waals surface area contributed by atoms with Crippen LogP contribution in [0.2, 0.25) is 0 Å². The fourth-order valence-electron chi connectivity index (χ4n) is 0.0690. The van der Waals surface area contributed by atoms with Gasteiger partial charge in [0.15, 0.2) is 0 Å². The van der Waals surface area contributed by atoms with Crippen LogP contribution in [0.4, 0.5) is 13.2 Å². The van der Waals surface area contributed by atoms with E-state index in [9.17, 15) is 13.2 Å². The zero-order valence-corrected chi connectivity index (χ0v) is 5.33. The van der Waals surface area contributed by atoms with Crippen LogP contribution in [0.25, 0.3) is 0 Å². The molecule has 0 aromatic rings. The zero-order valence-electron chi connectivity index (χ0n) is 3.74. The van der Waals surface area contributed by atoms with Gasteiger partial charge in [0, 0.05) is 0 Å². The standard InChI is InChI=1S/C3H4BrF3O/c4-3(7,1-8)2(5)6/h2,8H,1H2. The van der Waals surface area contributed by atoms with E-state index in [-0.39, 0.29) is 0 Å². The van der Waals surface area contributed by atoms with Gasteiger partial charge in [-0.05, 0) is 15.9 Å². The van der Waals surface area contributed by atoms with Crippen molar-refractivity contribution in [3.63, 3.8) is 0 Å². The Labute approximate surface area is 52.6 Å². The Bertz CT molecular complexity index is 74.9. The van der Waals surface area contributed by atoms with Crippen LogP contribution in [0, 0.1) is 0 Å². The van der Waals surface area contributed by atoms with Gasteiger partial charge in [0.25, 0.3) is 6.43 Å². The Morgan fingerprint density at radius 1 is 1.62 bits per heavy atom. The van der Waals surface area contributed by atoms with Crippen LogP contribution in [0.3, 0.4) is 0 Å². The van der Waals surface area contributed by atoms with E-state index in [0.29, 0.717) is 0 Å². The van der Waals surface area contributed by atoms with Gasteiger partial charge in [-0.25, -0.2) is 13.2 Å². The van der Waals surface area contributed by atoms with Gasteiger partial charge in [0.2, 0.25) is 4.58 Å². The van der Waals surface area contributed by atoms with Crippen LogP contribution in [-0.2, 0) is 0 Å². The summed E-state index contributed by atoms with van der Waals surface area (Å²) < 4.78 is 31.4. The summed E-state index contributed by atoms with van der Waals surface area (Å²) in [6, 6.07) is 0. The zero-order chi connectivity index (χ0) is 6.78. The number of aliphatic hydroxyl groups is 1. The van der Waals surface area contributed by atoms with Gasteiger partial charge in [-0.15, -0.1) is 0 Å². The number of aliphatic hydroxyl groups excluding tert-OH is 1. The van der Waals surface area contributed by atoms with Gasteiger partial charge in [0.05, 0.1) is 6.61 Å². The maximum absolute atomic E-state index is 11.9. The van der Waals surface area contributed by atoms with E-state index in [0.717, 1.165) is 0 Å². The fourth-order valence-corrected chi connectivity index (χ4v) is 0.0690. The van der Waals surface area contributed by atoms with Crippen LogP contribution >= 0.6 is 15.9 Å². The smallest absolute Gasteiger partial charge is 0.284 e. The van der Waals surface area contributed by atoms with Crippen LogP contribution in [0.1, 0.15) is 0 Å². The highest BCUT2D eigenvalue weighted by Gasteiger charge is 2.36. The van der Waals surface area contributed by atoms with Crippen molar-refractivity contribution in [1.29, 1.82) is 0 Å². The molecule has 0 fully saturated rings. The van der Waals surface area contributed by atoms with Crippen molar-refractivity contribution in [2.24, 2.45) is 0 Å². The van der Waals surface area contributed by atoms with Gasteiger partial charge in [0.1, 0.15) is 0 Å². The molecule has 0 aliphatic rings. The van der Waals surface area contributed by atoms with Crippen LogP contribution in [-0.4, -0.2) is 22.7 Å². The van der Waals surface area contributed by atoms with Crippen molar-refractivity contribution >= 4 is 15.9 Å². The molecule has 1 N–H and O–H groups in total. The lowest BCUT2D eigenvalue weighted by atomic mass is 10.4. The highest BCUT2D eigenvalue weighted by Crippen LogP contribution is 2.26. The molecule has 50 valence electrons. The summed E-state index contributed by atoms with van der Waals surface area (Å²) >= 11 is 1.98. The average Bonchev–Trinajstić information content (AvgIpc) is 1.67. The molecule has 0 heterocycles. The number of hydrogen-bond donors (Lipinski definition) is 1. The lowest BCUT2D eigenvalue weighted by Gasteiger charge is -2.11. The number of alkyl halides is 4. The Morgan fingerprint density at radius 3 is 2.00 bits per heavy atom. The predicted molar refractivity (Wildman–Crippen MR) is 25.9 cm³/mol. The summed E-state index contributed by atoms with van der Waals surface area (Å²) in [7, 11) is 0. The van der Waals surface area contributed by atoms with Crippen LogP contribution < -0.4 is 0 Å². The Morgan fingerprint density at radius 2 is 2.00 bits per heavy atom. The van der Waals surface area contributed by atoms with Crippen LogP contribution in [0.5, 0.6) is 0 Å². The van der Waals surface area contributed by atoms with E-state index in [1.54, 1.807) is 0 Å². The first kappa shape index (κ1) is 8.23. The molecule has 0 saturated heterocycles. The van der Waals surface area contributed by atoms with E-state index in [4.69, 9.17) is 5.11 Å². The Balaban J connectivity index is 3.71. The molecule has 1 nitrogen and oxygen atoms in total. The number of halogens is 4. The minimum atomic E-state index is -3.19. The lowest BCUT2D eigenvalue weighted by molar-refractivity contribution is -0.00127. The summed E-state index contributed by atoms with van der Waals surface area (Å²) in [5.41, 5.74) is 0. The van der Waals surface area contributed by atoms with Crippen molar-refractivity contribution in [3.05, 3.63) is 0 Å². The SMILES string of the molecule is OCC(F)(Br)C(F)F. The second-order valence-corrected chi connectivity index (χ2v) is 2.54. The van der Waals surface area contributed by atoms with E-state index >= 15 is 0 Å². The first-order valence-electron chi connectivity index (χ1n) is 1.77. The normalized spacial score (nSPS) is 18.8. The monoisotopic (exact) mass is 192 g/mol. The summed E-state index contributed by atoms with van der Waals surface area (Å²) in [6.45, 7) is -1.22. The molecule has 0 saturated carbocycles.